The van der Waals surface area contributed by atoms with Gasteiger partial charge in [-0.15, -0.1) is 0 Å². The second-order valence-corrected chi connectivity index (χ2v) is 15.2. The van der Waals surface area contributed by atoms with E-state index in [0.717, 1.165) is 6.07 Å². The van der Waals surface area contributed by atoms with Gasteiger partial charge in [-0.1, -0.05) is 23.4 Å². The standard InChI is InChI=1S/C33H34FN5O7S/c1-19(2)47(42,43)23-13-11-20(12-14-23)26-18-36-29(39(30(40)44-32(3,4)5)31(41)45-33(6,7)8)28(37-26)27-16-25(38-46-27)21-9-10-22(17-35)24(34)15-21/h9-16,18-19H,1-8H3. The Kier molecular flexibility index (Phi) is 9.54. The number of sulfone groups is 1. The first-order valence-corrected chi connectivity index (χ1v) is 16.0. The molecule has 0 aliphatic heterocycles. The molecule has 47 heavy (non-hydrogen) atoms. The first-order valence-electron chi connectivity index (χ1n) is 14.5. The van der Waals surface area contributed by atoms with E-state index >= 15 is 0 Å². The molecular weight excluding hydrogens is 629 g/mol. The van der Waals surface area contributed by atoms with Crippen LogP contribution in [0.15, 0.2) is 64.1 Å². The van der Waals surface area contributed by atoms with Gasteiger partial charge in [0, 0.05) is 17.2 Å². The summed E-state index contributed by atoms with van der Waals surface area (Å²) >= 11 is 0. The number of nitriles is 1. The van der Waals surface area contributed by atoms with Gasteiger partial charge in [0.25, 0.3) is 0 Å². The molecule has 2 aromatic carbocycles. The predicted octanol–water partition coefficient (Wildman–Crippen LogP) is 7.34. The first kappa shape index (κ1) is 34.7. The number of anilines is 1. The normalized spacial score (nSPS) is 12.0. The SMILES string of the molecule is CC(C)S(=O)(=O)c1ccc(-c2cnc(N(C(=O)OC(C)(C)C)C(=O)OC(C)(C)C)c(-c3cc(-c4ccc(C#N)c(F)c4)no3)n2)cc1. The highest BCUT2D eigenvalue weighted by atomic mass is 32.2. The van der Waals surface area contributed by atoms with Crippen molar-refractivity contribution in [2.45, 2.75) is 76.7 Å². The zero-order valence-corrected chi connectivity index (χ0v) is 28.0. The van der Waals surface area contributed by atoms with Crippen LogP contribution in [0, 0.1) is 17.1 Å². The maximum Gasteiger partial charge on any atom is 0.425 e. The number of rotatable bonds is 6. The second kappa shape index (κ2) is 12.9. The van der Waals surface area contributed by atoms with E-state index in [1.54, 1.807) is 73.6 Å². The highest BCUT2D eigenvalue weighted by Crippen LogP contribution is 2.35. The van der Waals surface area contributed by atoms with Crippen molar-refractivity contribution in [3.8, 4) is 40.0 Å². The minimum atomic E-state index is -3.54. The van der Waals surface area contributed by atoms with Gasteiger partial charge in [0.15, 0.2) is 27.1 Å². The molecular formula is C33H34FN5O7S. The predicted molar refractivity (Wildman–Crippen MR) is 170 cm³/mol. The van der Waals surface area contributed by atoms with Crippen molar-refractivity contribution in [3.05, 3.63) is 66.1 Å². The summed E-state index contributed by atoms with van der Waals surface area (Å²) in [6.45, 7) is 12.9. The van der Waals surface area contributed by atoms with E-state index in [-0.39, 0.29) is 44.7 Å². The van der Waals surface area contributed by atoms with E-state index in [1.165, 1.54) is 36.5 Å². The monoisotopic (exact) mass is 663 g/mol. The van der Waals surface area contributed by atoms with Crippen LogP contribution in [0.4, 0.5) is 19.8 Å². The van der Waals surface area contributed by atoms with Gasteiger partial charge in [-0.05, 0) is 79.7 Å². The fraction of sp³-hybridized carbons (Fsp3) is 0.333. The van der Waals surface area contributed by atoms with Gasteiger partial charge in [-0.2, -0.15) is 10.2 Å². The number of imide groups is 1. The Balaban J connectivity index is 1.91. The number of amides is 2. The fourth-order valence-corrected chi connectivity index (χ4v) is 5.15. The molecule has 0 saturated heterocycles. The second-order valence-electron chi connectivity index (χ2n) is 12.7. The van der Waals surface area contributed by atoms with Crippen LogP contribution in [-0.4, -0.2) is 52.2 Å². The fourth-order valence-electron chi connectivity index (χ4n) is 4.09. The zero-order chi connectivity index (χ0) is 34.9. The van der Waals surface area contributed by atoms with Crippen molar-refractivity contribution in [2.75, 3.05) is 4.90 Å². The molecule has 246 valence electrons. The van der Waals surface area contributed by atoms with Crippen molar-refractivity contribution in [1.82, 2.24) is 15.1 Å². The van der Waals surface area contributed by atoms with Gasteiger partial charge in [0.2, 0.25) is 0 Å². The molecule has 2 aromatic heterocycles. The molecule has 4 rings (SSSR count). The molecule has 0 N–H and O–H groups in total. The number of aromatic nitrogens is 3. The van der Waals surface area contributed by atoms with Gasteiger partial charge < -0.3 is 14.0 Å². The van der Waals surface area contributed by atoms with Crippen molar-refractivity contribution < 1.29 is 36.4 Å². The highest BCUT2D eigenvalue weighted by molar-refractivity contribution is 7.92. The van der Waals surface area contributed by atoms with E-state index in [1.807, 2.05) is 0 Å². The lowest BCUT2D eigenvalue weighted by molar-refractivity contribution is 0.0429. The van der Waals surface area contributed by atoms with Crippen LogP contribution in [0.25, 0.3) is 34.0 Å². The average Bonchev–Trinajstić information content (AvgIpc) is 3.46. The number of ether oxygens (including phenoxy) is 2. The summed E-state index contributed by atoms with van der Waals surface area (Å²) in [5.41, 5.74) is -1.19. The number of carbonyl (C=O) groups is 2. The van der Waals surface area contributed by atoms with Crippen LogP contribution in [0.5, 0.6) is 0 Å². The van der Waals surface area contributed by atoms with Crippen LogP contribution < -0.4 is 4.90 Å². The third kappa shape index (κ3) is 7.98. The topological polar surface area (TPSA) is 166 Å². The van der Waals surface area contributed by atoms with Crippen LogP contribution in [0.2, 0.25) is 0 Å². The maximum absolute atomic E-state index is 14.4. The molecule has 0 saturated carbocycles. The van der Waals surface area contributed by atoms with E-state index in [9.17, 15) is 22.4 Å². The molecule has 0 radical (unpaired) electrons. The molecule has 0 aliphatic rings. The van der Waals surface area contributed by atoms with E-state index in [4.69, 9.17) is 19.3 Å². The Morgan fingerprint density at radius 1 is 0.915 bits per heavy atom. The minimum Gasteiger partial charge on any atom is -0.443 e. The van der Waals surface area contributed by atoms with Gasteiger partial charge in [0.05, 0.1) is 27.6 Å². The zero-order valence-electron chi connectivity index (χ0n) is 27.2. The first-order chi connectivity index (χ1) is 21.8. The summed E-state index contributed by atoms with van der Waals surface area (Å²) < 4.78 is 56.4. The van der Waals surface area contributed by atoms with Crippen molar-refractivity contribution in [2.24, 2.45) is 0 Å². The Bertz CT molecular complexity index is 1940. The number of halogens is 1. The quantitative estimate of drug-likeness (QED) is 0.203. The van der Waals surface area contributed by atoms with Crippen molar-refractivity contribution in [1.29, 1.82) is 5.26 Å². The Morgan fingerprint density at radius 3 is 2.00 bits per heavy atom. The molecule has 0 aliphatic carbocycles. The largest absolute Gasteiger partial charge is 0.443 e. The molecule has 0 spiro atoms. The molecule has 14 heteroatoms. The Labute approximate surface area is 272 Å². The summed E-state index contributed by atoms with van der Waals surface area (Å²) in [6.07, 6.45) is -0.917. The highest BCUT2D eigenvalue weighted by Gasteiger charge is 2.37. The average molecular weight is 664 g/mol. The van der Waals surface area contributed by atoms with Crippen LogP contribution in [0.1, 0.15) is 61.0 Å². The smallest absolute Gasteiger partial charge is 0.425 e. The molecule has 0 bridgehead atoms. The minimum absolute atomic E-state index is 0.0646. The number of carbonyl (C=O) groups excluding carboxylic acids is 2. The van der Waals surface area contributed by atoms with Crippen molar-refractivity contribution >= 4 is 27.8 Å². The lowest BCUT2D eigenvalue weighted by Gasteiger charge is -2.28. The lowest BCUT2D eigenvalue weighted by Crippen LogP contribution is -2.44. The molecule has 0 unspecified atom stereocenters. The molecule has 4 aromatic rings. The van der Waals surface area contributed by atoms with Crippen LogP contribution in [-0.2, 0) is 19.3 Å². The summed E-state index contributed by atoms with van der Waals surface area (Å²) in [5, 5.41) is 12.5. The van der Waals surface area contributed by atoms with Crippen LogP contribution in [0.3, 0.4) is 0 Å². The number of hydrogen-bond acceptors (Lipinski definition) is 11. The summed E-state index contributed by atoms with van der Waals surface area (Å²) in [5.74, 6) is -1.14. The number of nitrogens with zero attached hydrogens (tertiary/aromatic N) is 5. The maximum atomic E-state index is 14.4. The van der Waals surface area contributed by atoms with Gasteiger partial charge in [-0.3, -0.25) is 0 Å². The molecule has 2 heterocycles. The Morgan fingerprint density at radius 2 is 1.49 bits per heavy atom. The van der Waals surface area contributed by atoms with Gasteiger partial charge in [0.1, 0.15) is 28.8 Å². The Hall–Kier alpha value is -5.16. The molecule has 2 amide bonds. The number of hydrogen-bond donors (Lipinski definition) is 0. The third-order valence-electron chi connectivity index (χ3n) is 6.35. The van der Waals surface area contributed by atoms with Gasteiger partial charge >= 0.3 is 12.2 Å². The third-order valence-corrected chi connectivity index (χ3v) is 8.52. The summed E-state index contributed by atoms with van der Waals surface area (Å²) in [4.78, 5) is 36.8. The van der Waals surface area contributed by atoms with E-state index in [0.29, 0.717) is 10.5 Å². The number of benzene rings is 2. The lowest BCUT2D eigenvalue weighted by atomic mass is 10.1. The van der Waals surface area contributed by atoms with E-state index in [2.05, 4.69) is 15.1 Å². The molecule has 0 atom stereocenters. The summed E-state index contributed by atoms with van der Waals surface area (Å²) in [7, 11) is -3.54. The molecule has 0 fully saturated rings. The molecule has 12 nitrogen and oxygen atoms in total. The van der Waals surface area contributed by atoms with Gasteiger partial charge in [-0.25, -0.2) is 32.4 Å². The van der Waals surface area contributed by atoms with E-state index < -0.39 is 44.3 Å². The summed E-state index contributed by atoms with van der Waals surface area (Å²) in [6, 6.07) is 13.0. The van der Waals surface area contributed by atoms with Crippen LogP contribution >= 0.6 is 0 Å². The van der Waals surface area contributed by atoms with Crippen molar-refractivity contribution in [3.63, 3.8) is 0 Å².